The maximum atomic E-state index is 13.3. The lowest BCUT2D eigenvalue weighted by Gasteiger charge is -2.19. The summed E-state index contributed by atoms with van der Waals surface area (Å²) in [6, 6.07) is 14.2. The van der Waals surface area contributed by atoms with Crippen LogP contribution in [0, 0.1) is 6.92 Å². The Bertz CT molecular complexity index is 1450. The number of nitrogens with one attached hydrogen (secondary N) is 2. The molecule has 11 heteroatoms. The Kier molecular flexibility index (Phi) is 7.63. The van der Waals surface area contributed by atoms with Crippen molar-refractivity contribution in [2.45, 2.75) is 6.92 Å². The lowest BCUT2D eigenvalue weighted by atomic mass is 10.1. The van der Waals surface area contributed by atoms with Crippen LogP contribution in [0.3, 0.4) is 0 Å². The summed E-state index contributed by atoms with van der Waals surface area (Å²) in [7, 11) is 2.90. The monoisotopic (exact) mass is 559 g/mol. The summed E-state index contributed by atoms with van der Waals surface area (Å²) in [5.74, 6) is -1.09. The number of nitrogens with zero attached hydrogens (tertiary/aromatic N) is 1. The summed E-state index contributed by atoms with van der Waals surface area (Å²) in [5.41, 5.74) is 1.90. The average molecular weight is 561 g/mol. The molecule has 0 fully saturated rings. The number of methoxy groups -OCH3 is 2. The van der Waals surface area contributed by atoms with Crippen molar-refractivity contribution >= 4 is 69.6 Å². The maximum Gasteiger partial charge on any atom is 0.283 e. The van der Waals surface area contributed by atoms with E-state index < -0.39 is 17.7 Å². The largest absolute Gasteiger partial charge is 0.497 e. The van der Waals surface area contributed by atoms with Gasteiger partial charge in [-0.3, -0.25) is 14.4 Å². The summed E-state index contributed by atoms with van der Waals surface area (Å²) in [6.45, 7) is 1.78. The molecule has 37 heavy (non-hydrogen) atoms. The fourth-order valence-electron chi connectivity index (χ4n) is 3.66. The highest BCUT2D eigenvalue weighted by Crippen LogP contribution is 2.38. The smallest absolute Gasteiger partial charge is 0.283 e. The average Bonchev–Trinajstić information content (AvgIpc) is 3.07. The van der Waals surface area contributed by atoms with Crippen LogP contribution >= 0.6 is 34.8 Å². The van der Waals surface area contributed by atoms with E-state index in [0.29, 0.717) is 32.7 Å². The number of carbonyl (C=O) groups is 3. The number of halogens is 3. The van der Waals surface area contributed by atoms with E-state index >= 15 is 0 Å². The summed E-state index contributed by atoms with van der Waals surface area (Å²) in [4.78, 5) is 40.0. The van der Waals surface area contributed by atoms with Crippen molar-refractivity contribution in [3.05, 3.63) is 86.5 Å². The van der Waals surface area contributed by atoms with E-state index in [4.69, 9.17) is 44.3 Å². The first-order chi connectivity index (χ1) is 17.6. The van der Waals surface area contributed by atoms with Crippen LogP contribution in [-0.2, 0) is 9.59 Å². The molecule has 1 aliphatic heterocycles. The third-order valence-corrected chi connectivity index (χ3v) is 6.32. The number of anilines is 3. The van der Waals surface area contributed by atoms with Crippen LogP contribution in [0.1, 0.15) is 15.9 Å². The first-order valence-corrected chi connectivity index (χ1v) is 11.9. The molecule has 1 heterocycles. The van der Waals surface area contributed by atoms with Gasteiger partial charge in [-0.1, -0.05) is 40.9 Å². The Labute approximate surface area is 227 Å². The second-order valence-corrected chi connectivity index (χ2v) is 9.19. The highest BCUT2D eigenvalue weighted by atomic mass is 35.5. The minimum atomic E-state index is -0.720. The molecule has 0 spiro atoms. The zero-order valence-electron chi connectivity index (χ0n) is 19.8. The SMILES string of the molecule is COc1ccc(N2C(=O)C(Cl)=C(Nc3cc(C(=O)Nc4cc(Cl)cc(Cl)c4)ccc3C)C2=O)c(OC)c1. The highest BCUT2D eigenvalue weighted by molar-refractivity contribution is 6.53. The fourth-order valence-corrected chi connectivity index (χ4v) is 4.40. The Morgan fingerprint density at radius 3 is 2.22 bits per heavy atom. The number of carbonyl (C=O) groups excluding carboxylic acids is 3. The Morgan fingerprint density at radius 1 is 0.865 bits per heavy atom. The van der Waals surface area contributed by atoms with E-state index in [0.717, 1.165) is 4.90 Å². The molecule has 0 saturated carbocycles. The zero-order chi connectivity index (χ0) is 26.9. The lowest BCUT2D eigenvalue weighted by molar-refractivity contribution is -0.120. The lowest BCUT2D eigenvalue weighted by Crippen LogP contribution is -2.32. The van der Waals surface area contributed by atoms with Gasteiger partial charge < -0.3 is 20.1 Å². The van der Waals surface area contributed by atoms with Crippen LogP contribution in [0.25, 0.3) is 0 Å². The zero-order valence-corrected chi connectivity index (χ0v) is 22.1. The summed E-state index contributed by atoms with van der Waals surface area (Å²) >= 11 is 18.3. The quantitative estimate of drug-likeness (QED) is 0.344. The number of hydrogen-bond donors (Lipinski definition) is 2. The Morgan fingerprint density at radius 2 is 1.57 bits per heavy atom. The molecule has 3 aromatic rings. The standard InChI is InChI=1S/C26H20Cl3N3O5/c1-13-4-5-14(24(33)30-17-10-15(27)9-16(28)11-17)8-19(13)31-23-22(29)25(34)32(26(23)35)20-7-6-18(36-2)12-21(20)37-3/h4-12,31H,1-3H3,(H,30,33). The summed E-state index contributed by atoms with van der Waals surface area (Å²) in [5, 5.41) is 6.10. The van der Waals surface area contributed by atoms with E-state index in [-0.39, 0.29) is 27.7 Å². The van der Waals surface area contributed by atoms with Crippen LogP contribution in [0.2, 0.25) is 10.0 Å². The molecule has 0 atom stereocenters. The van der Waals surface area contributed by atoms with Crippen LogP contribution in [0.4, 0.5) is 17.1 Å². The molecule has 0 saturated heterocycles. The van der Waals surface area contributed by atoms with Crippen molar-refractivity contribution in [1.82, 2.24) is 0 Å². The van der Waals surface area contributed by atoms with Gasteiger partial charge in [-0.2, -0.15) is 0 Å². The molecule has 8 nitrogen and oxygen atoms in total. The highest BCUT2D eigenvalue weighted by Gasteiger charge is 2.40. The molecule has 3 aromatic carbocycles. The normalized spacial score (nSPS) is 13.2. The van der Waals surface area contributed by atoms with E-state index in [1.807, 2.05) is 0 Å². The van der Waals surface area contributed by atoms with Gasteiger partial charge in [0.2, 0.25) is 0 Å². The van der Waals surface area contributed by atoms with Gasteiger partial charge in [0, 0.05) is 33.0 Å². The minimum absolute atomic E-state index is 0.133. The molecule has 2 N–H and O–H groups in total. The second kappa shape index (κ2) is 10.7. The van der Waals surface area contributed by atoms with Gasteiger partial charge in [0.05, 0.1) is 19.9 Å². The molecular weight excluding hydrogens is 541 g/mol. The van der Waals surface area contributed by atoms with Gasteiger partial charge in [-0.05, 0) is 55.0 Å². The van der Waals surface area contributed by atoms with Gasteiger partial charge in [-0.25, -0.2) is 4.90 Å². The molecule has 0 radical (unpaired) electrons. The van der Waals surface area contributed by atoms with E-state index in [2.05, 4.69) is 10.6 Å². The van der Waals surface area contributed by atoms with E-state index in [9.17, 15) is 14.4 Å². The van der Waals surface area contributed by atoms with E-state index in [1.165, 1.54) is 20.3 Å². The van der Waals surface area contributed by atoms with E-state index in [1.54, 1.807) is 55.5 Å². The molecule has 0 aliphatic carbocycles. The van der Waals surface area contributed by atoms with Gasteiger partial charge in [0.15, 0.2) is 0 Å². The molecule has 190 valence electrons. The predicted octanol–water partition coefficient (Wildman–Crippen LogP) is 6.01. The fraction of sp³-hybridized carbons (Fsp3) is 0.115. The molecular formula is C26H20Cl3N3O5. The van der Waals surface area contributed by atoms with Gasteiger partial charge in [0.25, 0.3) is 17.7 Å². The number of imide groups is 1. The number of benzene rings is 3. The van der Waals surface area contributed by atoms with Crippen molar-refractivity contribution in [2.24, 2.45) is 0 Å². The third-order valence-electron chi connectivity index (χ3n) is 5.53. The second-order valence-electron chi connectivity index (χ2n) is 7.94. The van der Waals surface area contributed by atoms with Crippen molar-refractivity contribution in [3.8, 4) is 11.5 Å². The molecule has 3 amide bonds. The minimum Gasteiger partial charge on any atom is -0.497 e. The van der Waals surface area contributed by atoms with Gasteiger partial charge in [-0.15, -0.1) is 0 Å². The molecule has 4 rings (SSSR count). The molecule has 0 unspecified atom stereocenters. The summed E-state index contributed by atoms with van der Waals surface area (Å²) in [6.07, 6.45) is 0. The van der Waals surface area contributed by atoms with Crippen molar-refractivity contribution in [2.75, 3.05) is 29.8 Å². The molecule has 0 bridgehead atoms. The van der Waals surface area contributed by atoms with Crippen LogP contribution < -0.4 is 25.0 Å². The Balaban J connectivity index is 1.60. The van der Waals surface area contributed by atoms with Crippen LogP contribution in [0.15, 0.2) is 65.3 Å². The first kappa shape index (κ1) is 26.3. The number of amides is 3. The van der Waals surface area contributed by atoms with Crippen molar-refractivity contribution < 1.29 is 23.9 Å². The Hall–Kier alpha value is -3.72. The molecule has 0 aromatic heterocycles. The van der Waals surface area contributed by atoms with Crippen molar-refractivity contribution in [1.29, 1.82) is 0 Å². The van der Waals surface area contributed by atoms with Crippen LogP contribution in [-0.4, -0.2) is 31.9 Å². The van der Waals surface area contributed by atoms with Gasteiger partial charge >= 0.3 is 0 Å². The number of aryl methyl sites for hydroxylation is 1. The number of ether oxygens (including phenoxy) is 2. The summed E-state index contributed by atoms with van der Waals surface area (Å²) < 4.78 is 10.5. The first-order valence-electron chi connectivity index (χ1n) is 10.8. The topological polar surface area (TPSA) is 97.0 Å². The third kappa shape index (κ3) is 5.36. The van der Waals surface area contributed by atoms with Crippen LogP contribution in [0.5, 0.6) is 11.5 Å². The van der Waals surface area contributed by atoms with Crippen molar-refractivity contribution in [3.63, 3.8) is 0 Å². The number of rotatable bonds is 7. The molecule has 1 aliphatic rings. The predicted molar refractivity (Wildman–Crippen MR) is 144 cm³/mol. The van der Waals surface area contributed by atoms with Gasteiger partial charge in [0.1, 0.15) is 22.2 Å². The maximum absolute atomic E-state index is 13.3. The number of hydrogen-bond acceptors (Lipinski definition) is 6.